The molecule has 1 heterocycles. The lowest BCUT2D eigenvalue weighted by Gasteiger charge is -2.15. The van der Waals surface area contributed by atoms with Gasteiger partial charge < -0.3 is 15.5 Å². The van der Waals surface area contributed by atoms with Crippen LogP contribution in [0.15, 0.2) is 12.3 Å². The van der Waals surface area contributed by atoms with E-state index in [2.05, 4.69) is 10.3 Å². The molecular weight excluding hydrogens is 215 g/mol. The van der Waals surface area contributed by atoms with Gasteiger partial charge in [-0.25, -0.2) is 14.2 Å². The molecule has 0 aromatic carbocycles. The van der Waals surface area contributed by atoms with E-state index >= 15 is 0 Å². The number of carboxylic acids is 1. The summed E-state index contributed by atoms with van der Waals surface area (Å²) in [7, 11) is 0. The normalized spacial score (nSPS) is 16.9. The van der Waals surface area contributed by atoms with E-state index in [1.54, 1.807) is 0 Å². The number of aliphatic hydroxyl groups excluding tert-OH is 1. The molecule has 0 amide bonds. The molecule has 1 aromatic rings. The summed E-state index contributed by atoms with van der Waals surface area (Å²) < 4.78 is 13.6. The molecule has 1 saturated carbocycles. The molecule has 3 N–H and O–H groups in total. The van der Waals surface area contributed by atoms with Crippen LogP contribution in [0.2, 0.25) is 0 Å². The zero-order valence-electron chi connectivity index (χ0n) is 8.40. The highest BCUT2D eigenvalue weighted by molar-refractivity contribution is 5.88. The molecule has 1 fully saturated rings. The van der Waals surface area contributed by atoms with Crippen LogP contribution in [0.5, 0.6) is 0 Å². The molecule has 0 spiro atoms. The number of aromatic nitrogens is 1. The molecule has 1 aliphatic carbocycles. The third kappa shape index (κ3) is 1.83. The number of aliphatic hydroxyl groups is 1. The second-order valence-electron chi connectivity index (χ2n) is 3.89. The van der Waals surface area contributed by atoms with E-state index < -0.39 is 22.9 Å². The molecule has 2 rings (SSSR count). The molecule has 0 atom stereocenters. The third-order valence-corrected chi connectivity index (χ3v) is 2.66. The largest absolute Gasteiger partial charge is 0.478 e. The van der Waals surface area contributed by atoms with Crippen molar-refractivity contribution < 1.29 is 19.4 Å². The summed E-state index contributed by atoms with van der Waals surface area (Å²) in [4.78, 5) is 14.4. The van der Waals surface area contributed by atoms with Gasteiger partial charge in [0.1, 0.15) is 5.56 Å². The zero-order chi connectivity index (χ0) is 11.8. The van der Waals surface area contributed by atoms with Crippen molar-refractivity contribution in [3.05, 3.63) is 23.6 Å². The van der Waals surface area contributed by atoms with Crippen molar-refractivity contribution in [2.75, 3.05) is 11.9 Å². The summed E-state index contributed by atoms with van der Waals surface area (Å²) in [6.45, 7) is -0.120. The quantitative estimate of drug-likeness (QED) is 0.709. The first-order chi connectivity index (χ1) is 7.58. The maximum absolute atomic E-state index is 13.6. The summed E-state index contributed by atoms with van der Waals surface area (Å²) >= 11 is 0. The fraction of sp³-hybridized carbons (Fsp3) is 0.400. The van der Waals surface area contributed by atoms with E-state index in [0.717, 1.165) is 18.9 Å². The van der Waals surface area contributed by atoms with Crippen LogP contribution in [0.4, 0.5) is 10.2 Å². The molecule has 0 bridgehead atoms. The number of nitrogens with zero attached hydrogens (tertiary/aromatic N) is 1. The van der Waals surface area contributed by atoms with Crippen molar-refractivity contribution in [2.45, 2.75) is 18.4 Å². The number of halogens is 1. The average Bonchev–Trinajstić information content (AvgIpc) is 3.01. The Morgan fingerprint density at radius 3 is 2.81 bits per heavy atom. The number of carbonyl (C=O) groups is 1. The van der Waals surface area contributed by atoms with Crippen LogP contribution < -0.4 is 5.32 Å². The van der Waals surface area contributed by atoms with E-state index in [0.29, 0.717) is 0 Å². The Morgan fingerprint density at radius 1 is 1.62 bits per heavy atom. The summed E-state index contributed by atoms with van der Waals surface area (Å²) in [5.74, 6) is -2.35. The van der Waals surface area contributed by atoms with Crippen molar-refractivity contribution in [3.8, 4) is 0 Å². The minimum Gasteiger partial charge on any atom is -0.478 e. The molecule has 1 aromatic heterocycles. The highest BCUT2D eigenvalue weighted by atomic mass is 19.1. The highest BCUT2D eigenvalue weighted by Gasteiger charge is 2.43. The Balaban J connectivity index is 2.28. The van der Waals surface area contributed by atoms with Crippen molar-refractivity contribution >= 4 is 11.8 Å². The second kappa shape index (κ2) is 3.71. The Hall–Kier alpha value is -1.69. The molecule has 0 unspecified atom stereocenters. The standard InChI is InChI=1S/C10H11FN2O3/c11-7-6(9(15)16)1-4-12-8(7)13-10(5-14)2-3-10/h1,4,14H,2-3,5H2,(H,12,13)(H,15,16). The molecule has 6 heteroatoms. The van der Waals surface area contributed by atoms with Gasteiger partial charge in [0.15, 0.2) is 11.6 Å². The summed E-state index contributed by atoms with van der Waals surface area (Å²) in [5, 5.41) is 20.5. The fourth-order valence-electron chi connectivity index (χ4n) is 1.42. The number of hydrogen-bond acceptors (Lipinski definition) is 4. The monoisotopic (exact) mass is 226 g/mol. The summed E-state index contributed by atoms with van der Waals surface area (Å²) in [6, 6.07) is 1.10. The van der Waals surface area contributed by atoms with Crippen LogP contribution in [0.3, 0.4) is 0 Å². The van der Waals surface area contributed by atoms with Gasteiger partial charge >= 0.3 is 5.97 Å². The van der Waals surface area contributed by atoms with Gasteiger partial charge in [-0.1, -0.05) is 0 Å². The highest BCUT2D eigenvalue weighted by Crippen LogP contribution is 2.38. The number of rotatable bonds is 4. The van der Waals surface area contributed by atoms with Gasteiger partial charge in [0.25, 0.3) is 0 Å². The number of hydrogen-bond donors (Lipinski definition) is 3. The number of aromatic carboxylic acids is 1. The number of pyridine rings is 1. The maximum atomic E-state index is 13.6. The van der Waals surface area contributed by atoms with E-state index in [4.69, 9.17) is 10.2 Å². The SMILES string of the molecule is O=C(O)c1ccnc(NC2(CO)CC2)c1F. The van der Waals surface area contributed by atoms with Crippen molar-refractivity contribution in [1.82, 2.24) is 4.98 Å². The lowest BCUT2D eigenvalue weighted by Crippen LogP contribution is -2.27. The van der Waals surface area contributed by atoms with Gasteiger partial charge in [-0.05, 0) is 18.9 Å². The van der Waals surface area contributed by atoms with Crippen molar-refractivity contribution in [1.29, 1.82) is 0 Å². The fourth-order valence-corrected chi connectivity index (χ4v) is 1.42. The Morgan fingerprint density at radius 2 is 2.31 bits per heavy atom. The van der Waals surface area contributed by atoms with E-state index in [-0.39, 0.29) is 12.4 Å². The second-order valence-corrected chi connectivity index (χ2v) is 3.89. The first-order valence-corrected chi connectivity index (χ1v) is 4.85. The Labute approximate surface area is 90.9 Å². The summed E-state index contributed by atoms with van der Waals surface area (Å²) in [5.41, 5.74) is -0.948. The summed E-state index contributed by atoms with van der Waals surface area (Å²) in [6.07, 6.45) is 2.67. The van der Waals surface area contributed by atoms with Crippen molar-refractivity contribution in [2.24, 2.45) is 0 Å². The molecular formula is C10H11FN2O3. The Bertz CT molecular complexity index is 432. The van der Waals surface area contributed by atoms with Gasteiger partial charge in [0.2, 0.25) is 0 Å². The lowest BCUT2D eigenvalue weighted by molar-refractivity contribution is 0.0692. The maximum Gasteiger partial charge on any atom is 0.338 e. The smallest absolute Gasteiger partial charge is 0.338 e. The average molecular weight is 226 g/mol. The van der Waals surface area contributed by atoms with Crippen LogP contribution >= 0.6 is 0 Å². The van der Waals surface area contributed by atoms with E-state index in [1.807, 2.05) is 0 Å². The molecule has 5 nitrogen and oxygen atoms in total. The van der Waals surface area contributed by atoms with E-state index in [1.165, 1.54) is 6.20 Å². The number of carboxylic acid groups (broad SMARTS) is 1. The Kier molecular flexibility index (Phi) is 2.51. The van der Waals surface area contributed by atoms with Gasteiger partial charge in [-0.3, -0.25) is 0 Å². The topological polar surface area (TPSA) is 82.5 Å². The van der Waals surface area contributed by atoms with Crippen LogP contribution in [-0.4, -0.2) is 33.3 Å². The molecule has 0 saturated heterocycles. The molecule has 0 aliphatic heterocycles. The third-order valence-electron chi connectivity index (χ3n) is 2.66. The first-order valence-electron chi connectivity index (χ1n) is 4.85. The van der Waals surface area contributed by atoms with Gasteiger partial charge in [-0.15, -0.1) is 0 Å². The van der Waals surface area contributed by atoms with Gasteiger partial charge in [0.05, 0.1) is 12.1 Å². The van der Waals surface area contributed by atoms with Crippen LogP contribution in [0.1, 0.15) is 23.2 Å². The molecule has 86 valence electrons. The zero-order valence-corrected chi connectivity index (χ0v) is 8.40. The molecule has 0 radical (unpaired) electrons. The van der Waals surface area contributed by atoms with Crippen LogP contribution in [0.25, 0.3) is 0 Å². The number of nitrogens with one attached hydrogen (secondary N) is 1. The van der Waals surface area contributed by atoms with Crippen LogP contribution in [0, 0.1) is 5.82 Å². The molecule has 1 aliphatic rings. The van der Waals surface area contributed by atoms with E-state index in [9.17, 15) is 9.18 Å². The minimum absolute atomic E-state index is 0.119. The predicted octanol–water partition coefficient (Wildman–Crippen LogP) is 0.856. The number of anilines is 1. The predicted molar refractivity (Wildman–Crippen MR) is 53.8 cm³/mol. The first kappa shape index (κ1) is 10.8. The van der Waals surface area contributed by atoms with Gasteiger partial charge in [0, 0.05) is 6.20 Å². The van der Waals surface area contributed by atoms with Gasteiger partial charge in [-0.2, -0.15) is 0 Å². The lowest BCUT2D eigenvalue weighted by atomic mass is 10.2. The van der Waals surface area contributed by atoms with Crippen LogP contribution in [-0.2, 0) is 0 Å². The molecule has 16 heavy (non-hydrogen) atoms. The minimum atomic E-state index is -1.34. The van der Waals surface area contributed by atoms with Crippen molar-refractivity contribution in [3.63, 3.8) is 0 Å².